The molecule has 142 valence electrons. The maximum Gasteiger partial charge on any atom is 0.188 e. The lowest BCUT2D eigenvalue weighted by molar-refractivity contribution is 0.516. The Kier molecular flexibility index (Phi) is 4.88. The van der Waals surface area contributed by atoms with Crippen LogP contribution in [0.15, 0.2) is 66.8 Å². The molecule has 5 nitrogen and oxygen atoms in total. The van der Waals surface area contributed by atoms with Gasteiger partial charge in [-0.3, -0.25) is 0 Å². The third-order valence-electron chi connectivity index (χ3n) is 4.82. The summed E-state index contributed by atoms with van der Waals surface area (Å²) in [7, 11) is 6.15. The maximum atomic E-state index is 4.65. The van der Waals surface area contributed by atoms with Gasteiger partial charge in [-0.05, 0) is 36.8 Å². The number of hydrogen-bond donors (Lipinski definition) is 1. The Morgan fingerprint density at radius 1 is 1.07 bits per heavy atom. The van der Waals surface area contributed by atoms with Gasteiger partial charge in [0, 0.05) is 38.1 Å². The van der Waals surface area contributed by atoms with Crippen molar-refractivity contribution in [3.8, 4) is 0 Å². The van der Waals surface area contributed by atoms with Crippen LogP contribution < -0.4 is 5.32 Å². The summed E-state index contributed by atoms with van der Waals surface area (Å²) in [5.41, 5.74) is 6.67. The number of nitrogens with one attached hydrogen (secondary N) is 1. The topological polar surface area (TPSA) is 46.0 Å². The second kappa shape index (κ2) is 7.48. The molecule has 0 atom stereocenters. The Balaban J connectivity index is 1.65. The Morgan fingerprint density at radius 2 is 1.82 bits per heavy atom. The van der Waals surface area contributed by atoms with Crippen LogP contribution in [0.25, 0.3) is 15.8 Å². The first-order valence-electron chi connectivity index (χ1n) is 9.11. The van der Waals surface area contributed by atoms with E-state index >= 15 is 0 Å². The summed E-state index contributed by atoms with van der Waals surface area (Å²) in [5.74, 6) is 0. The van der Waals surface area contributed by atoms with Crippen molar-refractivity contribution >= 4 is 37.9 Å². The second-order valence-electron chi connectivity index (χ2n) is 6.93. The molecular weight excluding hydrogens is 366 g/mol. The van der Waals surface area contributed by atoms with E-state index in [1.807, 2.05) is 37.8 Å². The van der Waals surface area contributed by atoms with Gasteiger partial charge in [-0.2, -0.15) is 0 Å². The van der Waals surface area contributed by atoms with Crippen molar-refractivity contribution in [2.45, 2.75) is 6.92 Å². The molecule has 0 saturated carbocycles. The number of rotatable bonds is 5. The smallest absolute Gasteiger partial charge is 0.188 e. The van der Waals surface area contributed by atoms with Crippen LogP contribution in [-0.2, 0) is 7.05 Å². The third kappa shape index (κ3) is 3.51. The van der Waals surface area contributed by atoms with Gasteiger partial charge in [-0.25, -0.2) is 9.97 Å². The predicted octanol–water partition coefficient (Wildman–Crippen LogP) is 5.11. The van der Waals surface area contributed by atoms with Gasteiger partial charge in [0.25, 0.3) is 0 Å². The van der Waals surface area contributed by atoms with Crippen LogP contribution in [-0.4, -0.2) is 33.5 Å². The summed E-state index contributed by atoms with van der Waals surface area (Å²) in [5, 5.41) is 4.32. The van der Waals surface area contributed by atoms with Crippen LogP contribution in [0.5, 0.6) is 0 Å². The molecule has 0 aliphatic carbocycles. The van der Waals surface area contributed by atoms with Gasteiger partial charge in [-0.1, -0.05) is 35.6 Å². The number of allylic oxidation sites excluding steroid dienone is 1. The van der Waals surface area contributed by atoms with Crippen LogP contribution in [0.3, 0.4) is 0 Å². The molecule has 0 saturated heterocycles. The molecule has 28 heavy (non-hydrogen) atoms. The van der Waals surface area contributed by atoms with Crippen molar-refractivity contribution in [3.05, 3.63) is 78.0 Å². The fourth-order valence-electron chi connectivity index (χ4n) is 3.13. The average molecular weight is 390 g/mol. The van der Waals surface area contributed by atoms with Crippen LogP contribution in [0.2, 0.25) is 0 Å². The first-order valence-corrected chi connectivity index (χ1v) is 9.92. The van der Waals surface area contributed by atoms with Crippen molar-refractivity contribution in [3.63, 3.8) is 0 Å². The minimum atomic E-state index is 0.904. The van der Waals surface area contributed by atoms with Crippen molar-refractivity contribution < 1.29 is 0 Å². The van der Waals surface area contributed by atoms with E-state index in [4.69, 9.17) is 0 Å². The number of para-hydroxylation sites is 1. The summed E-state index contributed by atoms with van der Waals surface area (Å²) < 4.78 is 3.24. The normalized spacial score (nSPS) is 12.1. The molecule has 4 rings (SSSR count). The number of benzene rings is 2. The minimum absolute atomic E-state index is 0.904. The van der Waals surface area contributed by atoms with Gasteiger partial charge in [0.2, 0.25) is 0 Å². The fourth-order valence-corrected chi connectivity index (χ4v) is 4.02. The zero-order valence-corrected chi connectivity index (χ0v) is 17.3. The first kappa shape index (κ1) is 18.3. The van der Waals surface area contributed by atoms with Crippen molar-refractivity contribution in [1.29, 1.82) is 0 Å². The SMILES string of the molecule is CC(=C(c1ccc(Nc2nc3ccccc3s2)cc1)c1cncn1C)N(C)C. The van der Waals surface area contributed by atoms with Gasteiger partial charge < -0.3 is 14.8 Å². The van der Waals surface area contributed by atoms with Crippen LogP contribution >= 0.6 is 11.3 Å². The summed E-state index contributed by atoms with van der Waals surface area (Å²) in [6.07, 6.45) is 3.75. The Morgan fingerprint density at radius 3 is 2.46 bits per heavy atom. The van der Waals surface area contributed by atoms with Crippen LogP contribution in [0, 0.1) is 0 Å². The quantitative estimate of drug-likeness (QED) is 0.515. The molecule has 0 aliphatic heterocycles. The molecular formula is C22H23N5S. The third-order valence-corrected chi connectivity index (χ3v) is 5.78. The highest BCUT2D eigenvalue weighted by atomic mass is 32.1. The standard InChI is InChI=1S/C22H23N5S/c1-15(26(2)3)21(19-13-23-14-27(19)4)16-9-11-17(12-10-16)24-22-25-18-7-5-6-8-20(18)28-22/h5-14H,1-4H3,(H,24,25). The number of imidazole rings is 1. The maximum absolute atomic E-state index is 4.65. The zero-order chi connectivity index (χ0) is 19.7. The Hall–Kier alpha value is -3.12. The number of hydrogen-bond acceptors (Lipinski definition) is 5. The average Bonchev–Trinajstić information content (AvgIpc) is 3.29. The molecule has 6 heteroatoms. The molecule has 2 aromatic carbocycles. The number of thiazole rings is 1. The van der Waals surface area contributed by atoms with E-state index in [2.05, 4.69) is 76.1 Å². The minimum Gasteiger partial charge on any atom is -0.381 e. The number of anilines is 2. The van der Waals surface area contributed by atoms with Crippen molar-refractivity contribution in [2.24, 2.45) is 7.05 Å². The van der Waals surface area contributed by atoms with E-state index in [9.17, 15) is 0 Å². The molecule has 0 unspecified atom stereocenters. The summed E-state index contributed by atoms with van der Waals surface area (Å²) in [4.78, 5) is 11.1. The molecule has 4 aromatic rings. The second-order valence-corrected chi connectivity index (χ2v) is 7.96. The summed E-state index contributed by atoms with van der Waals surface area (Å²) in [6, 6.07) is 16.7. The number of nitrogens with zero attached hydrogens (tertiary/aromatic N) is 4. The van der Waals surface area contributed by atoms with E-state index in [0.29, 0.717) is 0 Å². The predicted molar refractivity (Wildman–Crippen MR) is 118 cm³/mol. The molecule has 0 bridgehead atoms. The fraction of sp³-hybridized carbons (Fsp3) is 0.182. The van der Waals surface area contributed by atoms with E-state index in [-0.39, 0.29) is 0 Å². The van der Waals surface area contributed by atoms with Gasteiger partial charge in [0.1, 0.15) is 0 Å². The number of aromatic nitrogens is 3. The highest BCUT2D eigenvalue weighted by molar-refractivity contribution is 7.22. The number of fused-ring (bicyclic) bond motifs is 1. The van der Waals surface area contributed by atoms with E-state index in [1.165, 1.54) is 16.0 Å². The van der Waals surface area contributed by atoms with Crippen LogP contribution in [0.1, 0.15) is 18.2 Å². The molecule has 0 aliphatic rings. The zero-order valence-electron chi connectivity index (χ0n) is 16.5. The molecule has 0 radical (unpaired) electrons. The molecule has 2 heterocycles. The molecule has 0 spiro atoms. The molecule has 0 fully saturated rings. The van der Waals surface area contributed by atoms with Gasteiger partial charge in [-0.15, -0.1) is 0 Å². The van der Waals surface area contributed by atoms with Gasteiger partial charge in [0.05, 0.1) is 28.4 Å². The number of aryl methyl sites for hydroxylation is 1. The van der Waals surface area contributed by atoms with Crippen molar-refractivity contribution in [1.82, 2.24) is 19.4 Å². The monoisotopic (exact) mass is 389 g/mol. The highest BCUT2D eigenvalue weighted by Gasteiger charge is 2.14. The molecule has 1 N–H and O–H groups in total. The van der Waals surface area contributed by atoms with E-state index < -0.39 is 0 Å². The Labute approximate surface area is 169 Å². The van der Waals surface area contributed by atoms with E-state index in [0.717, 1.165) is 27.6 Å². The van der Waals surface area contributed by atoms with E-state index in [1.54, 1.807) is 11.3 Å². The van der Waals surface area contributed by atoms with Crippen molar-refractivity contribution in [2.75, 3.05) is 19.4 Å². The van der Waals surface area contributed by atoms with Gasteiger partial charge >= 0.3 is 0 Å². The lowest BCUT2D eigenvalue weighted by Crippen LogP contribution is -2.12. The molecule has 2 aromatic heterocycles. The summed E-state index contributed by atoms with van der Waals surface area (Å²) >= 11 is 1.66. The highest BCUT2D eigenvalue weighted by Crippen LogP contribution is 2.31. The van der Waals surface area contributed by atoms with Gasteiger partial charge in [0.15, 0.2) is 5.13 Å². The Bertz CT molecular complexity index is 1100. The largest absolute Gasteiger partial charge is 0.381 e. The molecule has 0 amide bonds. The summed E-state index contributed by atoms with van der Waals surface area (Å²) in [6.45, 7) is 2.13. The first-order chi connectivity index (χ1) is 13.5. The lowest BCUT2D eigenvalue weighted by atomic mass is 10.00. The lowest BCUT2D eigenvalue weighted by Gasteiger charge is -2.20. The van der Waals surface area contributed by atoms with Crippen LogP contribution in [0.4, 0.5) is 10.8 Å².